The number of carboxylic acids is 1. The van der Waals surface area contributed by atoms with Crippen LogP contribution in [-0.4, -0.2) is 40.6 Å². The van der Waals surface area contributed by atoms with Crippen LogP contribution < -0.4 is 0 Å². The molecule has 3 N–H and O–H groups in total. The molecule has 3 unspecified atom stereocenters. The summed E-state index contributed by atoms with van der Waals surface area (Å²) in [7, 11) is 1.59. The minimum Gasteiger partial charge on any atom is -0.496 e. The number of carbonyl (C=O) groups is 1. The van der Waals surface area contributed by atoms with E-state index in [2.05, 4.69) is 0 Å². The van der Waals surface area contributed by atoms with Gasteiger partial charge in [-0.05, 0) is 24.8 Å². The van der Waals surface area contributed by atoms with Crippen molar-refractivity contribution in [3.63, 3.8) is 0 Å². The molecule has 5 heteroatoms. The van der Waals surface area contributed by atoms with Gasteiger partial charge in [0.2, 0.25) is 0 Å². The van der Waals surface area contributed by atoms with Gasteiger partial charge in [-0.25, -0.2) is 4.79 Å². The highest BCUT2D eigenvalue weighted by Gasteiger charge is 2.23. The third-order valence-corrected chi connectivity index (χ3v) is 3.25. The fourth-order valence-electron chi connectivity index (χ4n) is 1.98. The Kier molecular flexibility index (Phi) is 6.91. The molecule has 3 atom stereocenters. The van der Waals surface area contributed by atoms with Crippen molar-refractivity contribution in [3.8, 4) is 0 Å². The van der Waals surface area contributed by atoms with Crippen molar-refractivity contribution in [1.29, 1.82) is 0 Å². The maximum atomic E-state index is 10.6. The number of aliphatic carboxylic acids is 1. The van der Waals surface area contributed by atoms with Crippen LogP contribution >= 0.6 is 0 Å². The van der Waals surface area contributed by atoms with Crippen LogP contribution in [0.1, 0.15) is 25.3 Å². The van der Waals surface area contributed by atoms with Crippen LogP contribution in [0.25, 0.3) is 5.76 Å². The summed E-state index contributed by atoms with van der Waals surface area (Å²) in [6, 6.07) is 9.62. The fraction of sp³-hybridized carbons (Fsp3) is 0.438. The summed E-state index contributed by atoms with van der Waals surface area (Å²) in [5, 5.41) is 27.4. The number of aliphatic hydroxyl groups is 2. The Morgan fingerprint density at radius 2 is 1.86 bits per heavy atom. The average Bonchev–Trinajstić information content (AvgIpc) is 2.50. The fourth-order valence-corrected chi connectivity index (χ4v) is 1.98. The number of allylic oxidation sites excluding steroid dienone is 1. The van der Waals surface area contributed by atoms with E-state index >= 15 is 0 Å². The Hall–Kier alpha value is -1.85. The predicted octanol–water partition coefficient (Wildman–Crippen LogP) is 1.90. The first-order valence-corrected chi connectivity index (χ1v) is 6.86. The normalized spacial score (nSPS) is 16.1. The van der Waals surface area contributed by atoms with Gasteiger partial charge in [0.15, 0.2) is 6.10 Å². The van der Waals surface area contributed by atoms with Gasteiger partial charge in [0.1, 0.15) is 5.76 Å². The van der Waals surface area contributed by atoms with Gasteiger partial charge in [-0.15, -0.1) is 0 Å². The zero-order chi connectivity index (χ0) is 15.8. The molecule has 0 saturated carbocycles. The molecule has 5 nitrogen and oxygen atoms in total. The van der Waals surface area contributed by atoms with Gasteiger partial charge in [-0.3, -0.25) is 0 Å². The molecule has 0 aliphatic heterocycles. The zero-order valence-electron chi connectivity index (χ0n) is 12.3. The molecular weight excluding hydrogens is 272 g/mol. The molecule has 0 aliphatic rings. The zero-order valence-corrected chi connectivity index (χ0v) is 12.3. The van der Waals surface area contributed by atoms with Crippen LogP contribution in [0.5, 0.6) is 0 Å². The quantitative estimate of drug-likeness (QED) is 0.637. The van der Waals surface area contributed by atoms with E-state index in [4.69, 9.17) is 9.84 Å². The highest BCUT2D eigenvalue weighted by molar-refractivity contribution is 5.72. The third kappa shape index (κ3) is 5.57. The number of methoxy groups -OCH3 is 1. The van der Waals surface area contributed by atoms with E-state index in [-0.39, 0.29) is 12.3 Å². The lowest BCUT2D eigenvalue weighted by molar-refractivity contribution is -0.153. The van der Waals surface area contributed by atoms with Crippen molar-refractivity contribution in [1.82, 2.24) is 0 Å². The number of hydrogen-bond acceptors (Lipinski definition) is 4. The Bertz CT molecular complexity index is 469. The van der Waals surface area contributed by atoms with E-state index in [1.165, 1.54) is 0 Å². The summed E-state index contributed by atoms with van der Waals surface area (Å²) in [6.45, 7) is 1.95. The van der Waals surface area contributed by atoms with Gasteiger partial charge >= 0.3 is 5.97 Å². The number of benzene rings is 1. The molecule has 21 heavy (non-hydrogen) atoms. The molecule has 0 fully saturated rings. The molecule has 0 heterocycles. The molecule has 0 radical (unpaired) electrons. The van der Waals surface area contributed by atoms with E-state index in [1.54, 1.807) is 7.11 Å². The number of aliphatic hydroxyl groups excluding tert-OH is 2. The van der Waals surface area contributed by atoms with Crippen LogP contribution in [0.15, 0.2) is 36.4 Å². The number of ether oxygens (including phenoxy) is 1. The van der Waals surface area contributed by atoms with Crippen LogP contribution in [0, 0.1) is 5.92 Å². The second-order valence-electron chi connectivity index (χ2n) is 5.01. The van der Waals surface area contributed by atoms with Gasteiger partial charge in [0.25, 0.3) is 0 Å². The number of rotatable bonds is 8. The topological polar surface area (TPSA) is 87.0 Å². The van der Waals surface area contributed by atoms with E-state index < -0.39 is 18.2 Å². The van der Waals surface area contributed by atoms with Crippen LogP contribution in [0.2, 0.25) is 0 Å². The van der Waals surface area contributed by atoms with Crippen molar-refractivity contribution in [3.05, 3.63) is 42.0 Å². The van der Waals surface area contributed by atoms with E-state index in [9.17, 15) is 15.0 Å². The lowest BCUT2D eigenvalue weighted by Crippen LogP contribution is -2.33. The van der Waals surface area contributed by atoms with Gasteiger partial charge in [-0.1, -0.05) is 37.3 Å². The SMILES string of the molecule is COC(=CC(C)CCC(O)C(O)C(=O)O)c1ccccc1. The predicted molar refractivity (Wildman–Crippen MR) is 79.5 cm³/mol. The summed E-state index contributed by atoms with van der Waals surface area (Å²) >= 11 is 0. The van der Waals surface area contributed by atoms with Gasteiger partial charge in [0, 0.05) is 5.56 Å². The van der Waals surface area contributed by atoms with Crippen LogP contribution in [0.3, 0.4) is 0 Å². The van der Waals surface area contributed by atoms with Crippen molar-refractivity contribution in [2.45, 2.75) is 32.0 Å². The molecule has 0 aromatic heterocycles. The Morgan fingerprint density at radius 1 is 1.24 bits per heavy atom. The molecule has 0 saturated heterocycles. The summed E-state index contributed by atoms with van der Waals surface area (Å²) in [4.78, 5) is 10.6. The Balaban J connectivity index is 2.60. The van der Waals surface area contributed by atoms with E-state index in [1.807, 2.05) is 43.3 Å². The summed E-state index contributed by atoms with van der Waals surface area (Å²) in [6.07, 6.45) is -0.324. The second-order valence-corrected chi connectivity index (χ2v) is 5.01. The van der Waals surface area contributed by atoms with Crippen molar-refractivity contribution >= 4 is 11.7 Å². The first-order chi connectivity index (χ1) is 9.95. The summed E-state index contributed by atoms with van der Waals surface area (Å²) in [5.41, 5.74) is 0.956. The standard InChI is InChI=1S/C16H22O5/c1-11(8-9-13(17)15(18)16(19)20)10-14(21-2)12-6-4-3-5-7-12/h3-7,10-11,13,15,17-18H,8-9H2,1-2H3,(H,19,20). The van der Waals surface area contributed by atoms with Gasteiger partial charge < -0.3 is 20.1 Å². The van der Waals surface area contributed by atoms with Gasteiger partial charge in [-0.2, -0.15) is 0 Å². The molecule has 0 aliphatic carbocycles. The van der Waals surface area contributed by atoms with Crippen LogP contribution in [-0.2, 0) is 9.53 Å². The minimum atomic E-state index is -1.74. The summed E-state index contributed by atoms with van der Waals surface area (Å²) in [5.74, 6) is -0.597. The number of hydrogen-bond donors (Lipinski definition) is 3. The summed E-state index contributed by atoms with van der Waals surface area (Å²) < 4.78 is 5.35. The van der Waals surface area contributed by atoms with E-state index in [0.29, 0.717) is 6.42 Å². The smallest absolute Gasteiger partial charge is 0.335 e. The molecule has 1 rings (SSSR count). The molecule has 116 valence electrons. The van der Waals surface area contributed by atoms with Crippen LogP contribution in [0.4, 0.5) is 0 Å². The Labute approximate surface area is 124 Å². The monoisotopic (exact) mass is 294 g/mol. The molecule has 1 aromatic carbocycles. The molecule has 1 aromatic rings. The maximum absolute atomic E-state index is 10.6. The lowest BCUT2D eigenvalue weighted by atomic mass is 9.98. The largest absolute Gasteiger partial charge is 0.496 e. The third-order valence-electron chi connectivity index (χ3n) is 3.25. The molecular formula is C16H22O5. The maximum Gasteiger partial charge on any atom is 0.335 e. The van der Waals surface area contributed by atoms with Crippen molar-refractivity contribution in [2.75, 3.05) is 7.11 Å². The highest BCUT2D eigenvalue weighted by Crippen LogP contribution is 2.20. The molecule has 0 spiro atoms. The van der Waals surface area contributed by atoms with Crippen molar-refractivity contribution < 1.29 is 24.9 Å². The van der Waals surface area contributed by atoms with Crippen molar-refractivity contribution in [2.24, 2.45) is 5.92 Å². The average molecular weight is 294 g/mol. The van der Waals surface area contributed by atoms with Gasteiger partial charge in [0.05, 0.1) is 13.2 Å². The first kappa shape index (κ1) is 17.2. The first-order valence-electron chi connectivity index (χ1n) is 6.86. The highest BCUT2D eigenvalue weighted by atomic mass is 16.5. The molecule has 0 amide bonds. The van der Waals surface area contributed by atoms with E-state index in [0.717, 1.165) is 11.3 Å². The lowest BCUT2D eigenvalue weighted by Gasteiger charge is -2.16. The number of carboxylic acid groups (broad SMARTS) is 1. The minimum absolute atomic E-state index is 0.0794. The second kappa shape index (κ2) is 8.44. The Morgan fingerprint density at radius 3 is 2.38 bits per heavy atom. The molecule has 0 bridgehead atoms.